The van der Waals surface area contributed by atoms with Crippen LogP contribution in [0, 0.1) is 0 Å². The monoisotopic (exact) mass is 470 g/mol. The maximum Gasteiger partial charge on any atom is 0.341 e. The zero-order chi connectivity index (χ0) is 24.0. The van der Waals surface area contributed by atoms with Gasteiger partial charge in [-0.15, -0.1) is 0 Å². The molecule has 2 amide bonds. The molecule has 1 fully saturated rings. The van der Waals surface area contributed by atoms with Crippen LogP contribution in [-0.4, -0.2) is 48.5 Å². The Labute approximate surface area is 196 Å². The molecule has 1 heterocycles. The molecule has 9 heteroatoms. The zero-order valence-electron chi connectivity index (χ0n) is 18.7. The standard InChI is InChI=1S/C24H26N2O6S/c1-4-25(5-2)17-8-10-18(11-9-17)26-23(29)21(33-24(26)30)14-16-7-12-19(32-15-22(27)28)20(13-16)31-6-3/h7-14H,4-6,15H2,1-3H3,(H,27,28)/b21-14+. The van der Waals surface area contributed by atoms with Crippen LogP contribution in [0.1, 0.15) is 26.3 Å². The first-order chi connectivity index (χ1) is 15.9. The predicted molar refractivity (Wildman–Crippen MR) is 129 cm³/mol. The number of amides is 2. The molecular formula is C24H26N2O6S. The third kappa shape index (κ3) is 5.67. The highest BCUT2D eigenvalue weighted by molar-refractivity contribution is 8.19. The minimum Gasteiger partial charge on any atom is -0.490 e. The molecule has 0 unspecified atom stereocenters. The van der Waals surface area contributed by atoms with E-state index >= 15 is 0 Å². The Balaban J connectivity index is 1.83. The summed E-state index contributed by atoms with van der Waals surface area (Å²) in [5.41, 5.74) is 2.17. The fourth-order valence-corrected chi connectivity index (χ4v) is 4.23. The lowest BCUT2D eigenvalue weighted by atomic mass is 10.1. The molecule has 0 saturated carbocycles. The second kappa shape index (κ2) is 10.9. The van der Waals surface area contributed by atoms with Gasteiger partial charge in [0.15, 0.2) is 18.1 Å². The van der Waals surface area contributed by atoms with Crippen LogP contribution in [0.3, 0.4) is 0 Å². The Morgan fingerprint density at radius 2 is 1.73 bits per heavy atom. The molecule has 0 aromatic heterocycles. The third-order valence-corrected chi connectivity index (χ3v) is 5.82. The van der Waals surface area contributed by atoms with Crippen LogP contribution in [-0.2, 0) is 9.59 Å². The van der Waals surface area contributed by atoms with Crippen molar-refractivity contribution in [2.45, 2.75) is 20.8 Å². The summed E-state index contributed by atoms with van der Waals surface area (Å²) in [5.74, 6) is -0.846. The SMILES string of the molecule is CCOc1cc(/C=C2/SC(=O)N(c3ccc(N(CC)CC)cc3)C2=O)ccc1OCC(=O)O. The van der Waals surface area contributed by atoms with Gasteiger partial charge in [-0.1, -0.05) is 6.07 Å². The quantitative estimate of drug-likeness (QED) is 0.502. The lowest BCUT2D eigenvalue weighted by Crippen LogP contribution is -2.28. The Morgan fingerprint density at radius 3 is 2.33 bits per heavy atom. The summed E-state index contributed by atoms with van der Waals surface area (Å²) in [7, 11) is 0. The minimum absolute atomic E-state index is 0.287. The molecule has 0 radical (unpaired) electrons. The number of anilines is 2. The van der Waals surface area contributed by atoms with E-state index in [1.165, 1.54) is 0 Å². The van der Waals surface area contributed by atoms with E-state index in [1.54, 1.807) is 43.3 Å². The van der Waals surface area contributed by atoms with Gasteiger partial charge in [0, 0.05) is 18.8 Å². The number of hydrogen-bond donors (Lipinski definition) is 1. The average Bonchev–Trinajstić information content (AvgIpc) is 3.07. The van der Waals surface area contributed by atoms with E-state index in [9.17, 15) is 14.4 Å². The molecular weight excluding hydrogens is 444 g/mol. The number of imide groups is 1. The fourth-order valence-electron chi connectivity index (χ4n) is 3.38. The van der Waals surface area contributed by atoms with Crippen molar-refractivity contribution in [2.24, 2.45) is 0 Å². The molecule has 1 aliphatic rings. The van der Waals surface area contributed by atoms with E-state index in [-0.39, 0.29) is 15.9 Å². The van der Waals surface area contributed by atoms with Gasteiger partial charge in [0.25, 0.3) is 11.1 Å². The van der Waals surface area contributed by atoms with Crippen LogP contribution in [0.5, 0.6) is 11.5 Å². The van der Waals surface area contributed by atoms with Crippen molar-refractivity contribution >= 4 is 46.3 Å². The molecule has 1 saturated heterocycles. The lowest BCUT2D eigenvalue weighted by Gasteiger charge is -2.22. The third-order valence-electron chi connectivity index (χ3n) is 4.95. The number of aliphatic carboxylic acids is 1. The summed E-state index contributed by atoms with van der Waals surface area (Å²) in [6.45, 7) is 7.53. The Bertz CT molecular complexity index is 1060. The minimum atomic E-state index is -1.10. The van der Waals surface area contributed by atoms with Gasteiger partial charge in [-0.05, 0) is 80.6 Å². The first-order valence-electron chi connectivity index (χ1n) is 10.6. The van der Waals surface area contributed by atoms with E-state index in [1.807, 2.05) is 12.1 Å². The number of ether oxygens (including phenoxy) is 2. The molecule has 0 atom stereocenters. The highest BCUT2D eigenvalue weighted by Crippen LogP contribution is 2.37. The molecule has 3 rings (SSSR count). The van der Waals surface area contributed by atoms with Crippen molar-refractivity contribution in [3.63, 3.8) is 0 Å². The maximum absolute atomic E-state index is 13.0. The largest absolute Gasteiger partial charge is 0.490 e. The van der Waals surface area contributed by atoms with E-state index in [0.717, 1.165) is 35.4 Å². The summed E-state index contributed by atoms with van der Waals surface area (Å²) >= 11 is 0.867. The van der Waals surface area contributed by atoms with E-state index in [0.29, 0.717) is 23.6 Å². The number of benzene rings is 2. The molecule has 1 N–H and O–H groups in total. The Morgan fingerprint density at radius 1 is 1.03 bits per heavy atom. The van der Waals surface area contributed by atoms with Gasteiger partial charge in [-0.2, -0.15) is 0 Å². The second-order valence-electron chi connectivity index (χ2n) is 7.03. The number of thioether (sulfide) groups is 1. The van der Waals surface area contributed by atoms with E-state index in [2.05, 4.69) is 18.7 Å². The van der Waals surface area contributed by atoms with Crippen molar-refractivity contribution in [1.29, 1.82) is 0 Å². The fraction of sp³-hybridized carbons (Fsp3) is 0.292. The maximum atomic E-state index is 13.0. The van der Waals surface area contributed by atoms with Crippen LogP contribution < -0.4 is 19.3 Å². The summed E-state index contributed by atoms with van der Waals surface area (Å²) in [6.07, 6.45) is 1.61. The molecule has 0 bridgehead atoms. The first kappa shape index (κ1) is 24.2. The summed E-state index contributed by atoms with van der Waals surface area (Å²) in [6, 6.07) is 12.2. The molecule has 2 aromatic carbocycles. The van der Waals surface area contributed by atoms with Gasteiger partial charge in [-0.25, -0.2) is 9.69 Å². The summed E-state index contributed by atoms with van der Waals surface area (Å²) in [4.78, 5) is 40.0. The highest BCUT2D eigenvalue weighted by atomic mass is 32.2. The molecule has 0 spiro atoms. The Kier molecular flexibility index (Phi) is 8.00. The van der Waals surface area contributed by atoms with Crippen LogP contribution in [0.25, 0.3) is 6.08 Å². The number of carboxylic acid groups (broad SMARTS) is 1. The molecule has 33 heavy (non-hydrogen) atoms. The average molecular weight is 471 g/mol. The Hall–Kier alpha value is -3.46. The van der Waals surface area contributed by atoms with Gasteiger partial charge in [0.05, 0.1) is 17.2 Å². The molecule has 2 aromatic rings. The van der Waals surface area contributed by atoms with Crippen molar-refractivity contribution < 1.29 is 29.0 Å². The normalized spacial score (nSPS) is 14.6. The van der Waals surface area contributed by atoms with Gasteiger partial charge in [0.2, 0.25) is 0 Å². The predicted octanol–water partition coefficient (Wildman–Crippen LogP) is 4.64. The van der Waals surface area contributed by atoms with Crippen molar-refractivity contribution in [1.82, 2.24) is 0 Å². The molecule has 8 nitrogen and oxygen atoms in total. The lowest BCUT2D eigenvalue weighted by molar-refractivity contribution is -0.139. The first-order valence-corrected chi connectivity index (χ1v) is 11.4. The topological polar surface area (TPSA) is 96.4 Å². The molecule has 0 aliphatic carbocycles. The van der Waals surface area contributed by atoms with Gasteiger partial charge in [-0.3, -0.25) is 9.59 Å². The van der Waals surface area contributed by atoms with E-state index in [4.69, 9.17) is 14.6 Å². The van der Waals surface area contributed by atoms with Gasteiger partial charge in [0.1, 0.15) is 0 Å². The number of carbonyl (C=O) groups excluding carboxylic acids is 2. The highest BCUT2D eigenvalue weighted by Gasteiger charge is 2.36. The van der Waals surface area contributed by atoms with Crippen molar-refractivity contribution in [3.8, 4) is 11.5 Å². The number of nitrogens with zero attached hydrogens (tertiary/aromatic N) is 2. The van der Waals surface area contributed by atoms with Crippen LogP contribution in [0.2, 0.25) is 0 Å². The number of hydrogen-bond acceptors (Lipinski definition) is 7. The van der Waals surface area contributed by atoms with Crippen LogP contribution in [0.15, 0.2) is 47.4 Å². The molecule has 1 aliphatic heterocycles. The van der Waals surface area contributed by atoms with Crippen LogP contribution in [0.4, 0.5) is 16.2 Å². The smallest absolute Gasteiger partial charge is 0.341 e. The number of carboxylic acids is 1. The number of rotatable bonds is 10. The summed E-state index contributed by atoms with van der Waals surface area (Å²) in [5, 5.41) is 8.46. The van der Waals surface area contributed by atoms with Gasteiger partial charge < -0.3 is 19.5 Å². The zero-order valence-corrected chi connectivity index (χ0v) is 19.6. The summed E-state index contributed by atoms with van der Waals surface area (Å²) < 4.78 is 10.8. The van der Waals surface area contributed by atoms with Crippen molar-refractivity contribution in [3.05, 3.63) is 52.9 Å². The van der Waals surface area contributed by atoms with Gasteiger partial charge >= 0.3 is 5.97 Å². The second-order valence-corrected chi connectivity index (χ2v) is 8.02. The number of carbonyl (C=O) groups is 3. The van der Waals surface area contributed by atoms with E-state index < -0.39 is 18.5 Å². The van der Waals surface area contributed by atoms with Crippen LogP contribution >= 0.6 is 11.8 Å². The van der Waals surface area contributed by atoms with Crippen molar-refractivity contribution in [2.75, 3.05) is 36.1 Å². The molecule has 174 valence electrons.